The van der Waals surface area contributed by atoms with Gasteiger partial charge in [0.05, 0.1) is 6.10 Å². The van der Waals surface area contributed by atoms with Crippen LogP contribution in [0.2, 0.25) is 0 Å². The number of hydrogen-bond acceptors (Lipinski definition) is 3. The van der Waals surface area contributed by atoms with E-state index in [1.165, 1.54) is 17.4 Å². The van der Waals surface area contributed by atoms with Crippen molar-refractivity contribution in [3.8, 4) is 0 Å². The number of aryl methyl sites for hydroxylation is 1. The van der Waals surface area contributed by atoms with E-state index in [9.17, 15) is 9.59 Å². The van der Waals surface area contributed by atoms with E-state index in [1.807, 2.05) is 0 Å². The third-order valence-corrected chi connectivity index (χ3v) is 4.29. The van der Waals surface area contributed by atoms with Crippen LogP contribution in [0.25, 0.3) is 0 Å². The fraction of sp³-hybridized carbons (Fsp3) is 0.692. The van der Waals surface area contributed by atoms with Crippen LogP contribution in [0.5, 0.6) is 0 Å². The molecule has 18 heavy (non-hydrogen) atoms. The lowest BCUT2D eigenvalue weighted by Crippen LogP contribution is -2.33. The van der Waals surface area contributed by atoms with Gasteiger partial charge in [0.25, 0.3) is 5.56 Å². The first kappa shape index (κ1) is 11.7. The Morgan fingerprint density at radius 1 is 1.39 bits per heavy atom. The van der Waals surface area contributed by atoms with E-state index >= 15 is 0 Å². The largest absolute Gasteiger partial charge is 0.354 e. The van der Waals surface area contributed by atoms with E-state index in [0.29, 0.717) is 17.4 Å². The van der Waals surface area contributed by atoms with Crippen LogP contribution in [0.15, 0.2) is 15.8 Å². The van der Waals surface area contributed by atoms with Crippen LogP contribution in [0.4, 0.5) is 0 Å². The average molecular weight is 250 g/mol. The zero-order chi connectivity index (χ0) is 12.9. The van der Waals surface area contributed by atoms with Crippen molar-refractivity contribution in [2.24, 2.45) is 11.8 Å². The highest BCUT2D eigenvalue weighted by Gasteiger charge is 2.43. The van der Waals surface area contributed by atoms with Crippen molar-refractivity contribution in [3.63, 3.8) is 0 Å². The van der Waals surface area contributed by atoms with E-state index in [1.54, 1.807) is 13.1 Å². The lowest BCUT2D eigenvalue weighted by Gasteiger charge is -2.18. The second-order valence-electron chi connectivity index (χ2n) is 5.58. The number of aromatic amines is 1. The van der Waals surface area contributed by atoms with Crippen molar-refractivity contribution in [3.05, 3.63) is 32.6 Å². The fourth-order valence-electron chi connectivity index (χ4n) is 3.24. The first-order valence-electron chi connectivity index (χ1n) is 6.54. The molecule has 0 aromatic carbocycles. The maximum atomic E-state index is 11.8. The highest BCUT2D eigenvalue weighted by atomic mass is 16.5. The zero-order valence-electron chi connectivity index (χ0n) is 10.7. The van der Waals surface area contributed by atoms with E-state index in [4.69, 9.17) is 4.74 Å². The van der Waals surface area contributed by atoms with Gasteiger partial charge in [-0.05, 0) is 38.0 Å². The van der Waals surface area contributed by atoms with Crippen LogP contribution in [-0.2, 0) is 4.74 Å². The Hall–Kier alpha value is -1.36. The molecule has 3 rings (SSSR count). The Kier molecular flexibility index (Phi) is 2.66. The molecule has 1 aromatic rings. The molecule has 2 heterocycles. The topological polar surface area (TPSA) is 64.1 Å². The van der Waals surface area contributed by atoms with Crippen LogP contribution in [0, 0.1) is 18.8 Å². The summed E-state index contributed by atoms with van der Waals surface area (Å²) in [5.74, 6) is 1.13. The highest BCUT2D eigenvalue weighted by Crippen LogP contribution is 2.45. The van der Waals surface area contributed by atoms with Gasteiger partial charge in [0.15, 0.2) is 0 Å². The van der Waals surface area contributed by atoms with Crippen LogP contribution < -0.4 is 11.2 Å². The summed E-state index contributed by atoms with van der Waals surface area (Å²) in [6, 6.07) is 0. The maximum Gasteiger partial charge on any atom is 0.330 e. The number of nitrogens with one attached hydrogen (secondary N) is 1. The number of nitrogens with zero attached hydrogens (tertiary/aromatic N) is 1. The van der Waals surface area contributed by atoms with Crippen LogP contribution in [0.1, 0.15) is 38.0 Å². The van der Waals surface area contributed by atoms with E-state index in [2.05, 4.69) is 11.9 Å². The van der Waals surface area contributed by atoms with E-state index < -0.39 is 0 Å². The molecule has 0 radical (unpaired) electrons. The Morgan fingerprint density at radius 3 is 2.89 bits per heavy atom. The summed E-state index contributed by atoms with van der Waals surface area (Å²) >= 11 is 0. The van der Waals surface area contributed by atoms with Crippen molar-refractivity contribution in [1.82, 2.24) is 9.55 Å². The SMILES string of the molecule is Cc1cn([C@@H]2C[C@H]3CC[C@@H](C)[C@H]3O2)c(=O)[nH]c1=O. The molecule has 2 aliphatic rings. The summed E-state index contributed by atoms with van der Waals surface area (Å²) < 4.78 is 7.53. The Labute approximate surface area is 105 Å². The van der Waals surface area contributed by atoms with E-state index in [-0.39, 0.29) is 23.6 Å². The van der Waals surface area contributed by atoms with Gasteiger partial charge in [0.2, 0.25) is 0 Å². The molecule has 1 saturated heterocycles. The summed E-state index contributed by atoms with van der Waals surface area (Å²) in [6.07, 6.45) is 4.93. The van der Waals surface area contributed by atoms with Gasteiger partial charge in [-0.25, -0.2) is 4.79 Å². The molecule has 2 fully saturated rings. The van der Waals surface area contributed by atoms with Crippen molar-refractivity contribution in [1.29, 1.82) is 0 Å². The highest BCUT2D eigenvalue weighted by molar-refractivity contribution is 5.02. The monoisotopic (exact) mass is 250 g/mol. The first-order chi connectivity index (χ1) is 8.56. The minimum Gasteiger partial charge on any atom is -0.354 e. The molecule has 1 aromatic heterocycles. The van der Waals surface area contributed by atoms with Crippen LogP contribution >= 0.6 is 0 Å². The molecule has 0 unspecified atom stereocenters. The average Bonchev–Trinajstić information content (AvgIpc) is 2.87. The number of fused-ring (bicyclic) bond motifs is 1. The van der Waals surface area contributed by atoms with Gasteiger partial charge in [-0.1, -0.05) is 6.92 Å². The number of hydrogen-bond donors (Lipinski definition) is 1. The Bertz CT molecular complexity index is 574. The third-order valence-electron chi connectivity index (χ3n) is 4.29. The second kappa shape index (κ2) is 4.09. The molecule has 1 N–H and O–H groups in total. The summed E-state index contributed by atoms with van der Waals surface area (Å²) in [5, 5.41) is 0. The second-order valence-corrected chi connectivity index (χ2v) is 5.58. The van der Waals surface area contributed by atoms with Crippen molar-refractivity contribution >= 4 is 0 Å². The molecule has 5 nitrogen and oxygen atoms in total. The van der Waals surface area contributed by atoms with Gasteiger partial charge in [-0.2, -0.15) is 0 Å². The smallest absolute Gasteiger partial charge is 0.330 e. The lowest BCUT2D eigenvalue weighted by atomic mass is 10.0. The number of aromatic nitrogens is 2. The molecule has 0 bridgehead atoms. The Balaban J connectivity index is 1.92. The standard InChI is InChI=1S/C13H18N2O3/c1-7-3-4-9-5-10(18-11(7)9)15-6-8(2)12(16)14-13(15)17/h6-7,9-11H,3-5H2,1-2H3,(H,14,16,17)/t7-,9-,10+,11-/m1/s1. The van der Waals surface area contributed by atoms with Gasteiger partial charge in [-0.3, -0.25) is 14.3 Å². The van der Waals surface area contributed by atoms with Gasteiger partial charge in [0.1, 0.15) is 6.23 Å². The predicted molar refractivity (Wildman–Crippen MR) is 66.5 cm³/mol. The van der Waals surface area contributed by atoms with Crippen LogP contribution in [-0.4, -0.2) is 15.7 Å². The molecule has 0 spiro atoms. The van der Waals surface area contributed by atoms with Gasteiger partial charge in [-0.15, -0.1) is 0 Å². The van der Waals surface area contributed by atoms with Gasteiger partial charge >= 0.3 is 5.69 Å². The predicted octanol–water partition coefficient (Wildman–Crippen LogP) is 1.18. The summed E-state index contributed by atoms with van der Waals surface area (Å²) in [6.45, 7) is 3.90. The van der Waals surface area contributed by atoms with Gasteiger partial charge < -0.3 is 4.74 Å². The lowest BCUT2D eigenvalue weighted by molar-refractivity contribution is -0.0218. The molecule has 4 atom stereocenters. The fourth-order valence-corrected chi connectivity index (χ4v) is 3.24. The molecule has 0 amide bonds. The Morgan fingerprint density at radius 2 is 2.17 bits per heavy atom. The molecular formula is C13H18N2O3. The summed E-state index contributed by atoms with van der Waals surface area (Å²) in [5.41, 5.74) is -0.144. The molecule has 1 saturated carbocycles. The summed E-state index contributed by atoms with van der Waals surface area (Å²) in [4.78, 5) is 25.5. The van der Waals surface area contributed by atoms with Crippen molar-refractivity contribution in [2.45, 2.75) is 45.4 Å². The minimum atomic E-state index is -0.372. The molecular weight excluding hydrogens is 232 g/mol. The zero-order valence-corrected chi connectivity index (χ0v) is 10.7. The molecule has 5 heteroatoms. The normalized spacial score (nSPS) is 34.8. The van der Waals surface area contributed by atoms with Crippen LogP contribution in [0.3, 0.4) is 0 Å². The molecule has 1 aliphatic carbocycles. The minimum absolute atomic E-state index is 0.217. The maximum absolute atomic E-state index is 11.8. The van der Waals surface area contributed by atoms with Crippen molar-refractivity contribution in [2.75, 3.05) is 0 Å². The number of ether oxygens (including phenoxy) is 1. The van der Waals surface area contributed by atoms with Crippen molar-refractivity contribution < 1.29 is 4.74 Å². The van der Waals surface area contributed by atoms with Gasteiger partial charge in [0, 0.05) is 11.8 Å². The first-order valence-corrected chi connectivity index (χ1v) is 6.54. The number of H-pyrrole nitrogens is 1. The third kappa shape index (κ3) is 1.73. The molecule has 1 aliphatic heterocycles. The summed E-state index contributed by atoms with van der Waals surface area (Å²) in [7, 11) is 0. The quantitative estimate of drug-likeness (QED) is 0.814. The number of rotatable bonds is 1. The van der Waals surface area contributed by atoms with E-state index in [0.717, 1.165) is 6.42 Å². The molecule has 98 valence electrons.